The average molecular weight is 625 g/mol. The SMILES string of the molecule is COC(=O)Cc1cc(O[C@@H]2C[C@H]3C(=O)N[C@H](CC(=O)OC)CCC=CCCCCC[C@H](N)C(=O)N3C2)c2ccc(OC)cc2n1. The van der Waals surface area contributed by atoms with Crippen LogP contribution in [0.25, 0.3) is 10.9 Å². The quantitative estimate of drug-likeness (QED) is 0.346. The second kappa shape index (κ2) is 16.2. The summed E-state index contributed by atoms with van der Waals surface area (Å²) in [5, 5.41) is 3.68. The van der Waals surface area contributed by atoms with Crippen LogP contribution in [0.4, 0.5) is 0 Å². The van der Waals surface area contributed by atoms with Crippen molar-refractivity contribution < 1.29 is 38.1 Å². The first-order valence-electron chi connectivity index (χ1n) is 15.5. The molecule has 1 saturated heterocycles. The van der Waals surface area contributed by atoms with Crippen LogP contribution in [0.2, 0.25) is 0 Å². The number of amides is 2. The molecule has 0 aliphatic carbocycles. The minimum Gasteiger partial charge on any atom is -0.497 e. The van der Waals surface area contributed by atoms with E-state index in [0.717, 1.165) is 25.7 Å². The summed E-state index contributed by atoms with van der Waals surface area (Å²) in [7, 11) is 4.18. The number of aromatic nitrogens is 1. The molecule has 1 fully saturated rings. The Bertz CT molecular complexity index is 1400. The Morgan fingerprint density at radius 2 is 1.78 bits per heavy atom. The normalized spacial score (nSPS) is 23.2. The lowest BCUT2D eigenvalue weighted by molar-refractivity contribution is -0.143. The number of allylic oxidation sites excluding steroid dienone is 2. The van der Waals surface area contributed by atoms with Crippen LogP contribution >= 0.6 is 0 Å². The van der Waals surface area contributed by atoms with Crippen molar-refractivity contribution in [2.45, 2.75) is 88.4 Å². The molecule has 0 saturated carbocycles. The number of benzene rings is 1. The highest BCUT2D eigenvalue weighted by Gasteiger charge is 2.42. The smallest absolute Gasteiger partial charge is 0.311 e. The number of carbonyl (C=O) groups excluding carboxylic acids is 4. The topological polar surface area (TPSA) is 159 Å². The molecular formula is C33H44N4O8. The number of hydrogen-bond acceptors (Lipinski definition) is 10. The van der Waals surface area contributed by atoms with Crippen molar-refractivity contribution in [3.05, 3.63) is 42.1 Å². The number of hydrogen-bond donors (Lipinski definition) is 2. The first-order valence-corrected chi connectivity index (χ1v) is 15.5. The van der Waals surface area contributed by atoms with Gasteiger partial charge in [0.15, 0.2) is 0 Å². The summed E-state index contributed by atoms with van der Waals surface area (Å²) < 4.78 is 21.6. The van der Waals surface area contributed by atoms with Crippen molar-refractivity contribution in [2.75, 3.05) is 27.9 Å². The molecule has 45 heavy (non-hydrogen) atoms. The van der Waals surface area contributed by atoms with Gasteiger partial charge in [0.25, 0.3) is 0 Å². The van der Waals surface area contributed by atoms with Gasteiger partial charge in [-0.3, -0.25) is 24.2 Å². The molecule has 3 heterocycles. The number of ether oxygens (including phenoxy) is 4. The molecule has 2 aliphatic heterocycles. The lowest BCUT2D eigenvalue weighted by atomic mass is 10.0. The Morgan fingerprint density at radius 3 is 2.53 bits per heavy atom. The predicted octanol–water partition coefficient (Wildman–Crippen LogP) is 2.98. The first-order chi connectivity index (χ1) is 21.7. The van der Waals surface area contributed by atoms with Crippen molar-refractivity contribution in [1.29, 1.82) is 0 Å². The van der Waals surface area contributed by atoms with E-state index in [1.54, 1.807) is 25.3 Å². The number of nitrogens with one attached hydrogen (secondary N) is 1. The van der Waals surface area contributed by atoms with E-state index >= 15 is 0 Å². The zero-order chi connectivity index (χ0) is 32.3. The monoisotopic (exact) mass is 624 g/mol. The number of esters is 2. The highest BCUT2D eigenvalue weighted by Crippen LogP contribution is 2.32. The molecule has 0 bridgehead atoms. The highest BCUT2D eigenvalue weighted by molar-refractivity contribution is 5.91. The molecule has 0 spiro atoms. The minimum absolute atomic E-state index is 0.0195. The van der Waals surface area contributed by atoms with Gasteiger partial charge in [-0.25, -0.2) is 0 Å². The fourth-order valence-electron chi connectivity index (χ4n) is 5.80. The first kappa shape index (κ1) is 33.7. The van der Waals surface area contributed by atoms with Crippen LogP contribution in [0.5, 0.6) is 11.5 Å². The summed E-state index contributed by atoms with van der Waals surface area (Å²) in [5.74, 6) is -0.516. The summed E-state index contributed by atoms with van der Waals surface area (Å²) in [6.45, 7) is 0.140. The number of pyridine rings is 1. The molecule has 0 radical (unpaired) electrons. The van der Waals surface area contributed by atoms with E-state index in [2.05, 4.69) is 22.5 Å². The molecule has 0 unspecified atom stereocenters. The Morgan fingerprint density at radius 1 is 1.00 bits per heavy atom. The number of nitrogens with two attached hydrogens (primary N) is 1. The Hall–Kier alpha value is -4.19. The van der Waals surface area contributed by atoms with Crippen molar-refractivity contribution in [2.24, 2.45) is 5.73 Å². The maximum absolute atomic E-state index is 13.8. The van der Waals surface area contributed by atoms with Crippen LogP contribution in [0, 0.1) is 0 Å². The van der Waals surface area contributed by atoms with Gasteiger partial charge < -0.3 is 34.9 Å². The van der Waals surface area contributed by atoms with Gasteiger partial charge in [0.1, 0.15) is 23.6 Å². The Labute approximate surface area is 263 Å². The molecule has 2 aromatic rings. The number of carbonyl (C=O) groups is 4. The molecular weight excluding hydrogens is 580 g/mol. The van der Waals surface area contributed by atoms with Crippen LogP contribution in [-0.2, 0) is 35.1 Å². The third-order valence-electron chi connectivity index (χ3n) is 8.27. The average Bonchev–Trinajstić information content (AvgIpc) is 3.46. The van der Waals surface area contributed by atoms with Crippen molar-refractivity contribution in [1.82, 2.24) is 15.2 Å². The van der Waals surface area contributed by atoms with Crippen LogP contribution in [0.3, 0.4) is 0 Å². The van der Waals surface area contributed by atoms with Crippen molar-refractivity contribution >= 4 is 34.7 Å². The Kier molecular flexibility index (Phi) is 12.1. The molecule has 1 aromatic heterocycles. The van der Waals surface area contributed by atoms with Crippen LogP contribution in [0.1, 0.15) is 63.5 Å². The van der Waals surface area contributed by atoms with Gasteiger partial charge >= 0.3 is 11.9 Å². The number of methoxy groups -OCH3 is 3. The fourth-order valence-corrected chi connectivity index (χ4v) is 5.80. The van der Waals surface area contributed by atoms with E-state index < -0.39 is 36.2 Å². The van der Waals surface area contributed by atoms with Gasteiger partial charge in [-0.1, -0.05) is 25.0 Å². The summed E-state index contributed by atoms with van der Waals surface area (Å²) >= 11 is 0. The van der Waals surface area contributed by atoms with Crippen LogP contribution < -0.4 is 20.5 Å². The highest BCUT2D eigenvalue weighted by atomic mass is 16.5. The molecule has 4 atom stereocenters. The fraction of sp³-hybridized carbons (Fsp3) is 0.545. The second-order valence-electron chi connectivity index (χ2n) is 11.5. The molecule has 244 valence electrons. The molecule has 12 heteroatoms. The molecule has 12 nitrogen and oxygen atoms in total. The van der Waals surface area contributed by atoms with E-state index in [1.807, 2.05) is 6.07 Å². The molecule has 1 aromatic carbocycles. The van der Waals surface area contributed by atoms with E-state index in [1.165, 1.54) is 19.1 Å². The van der Waals surface area contributed by atoms with Crippen molar-refractivity contribution in [3.8, 4) is 11.5 Å². The Balaban J connectivity index is 1.63. The van der Waals surface area contributed by atoms with Gasteiger partial charge in [-0.15, -0.1) is 0 Å². The standard InChI is InChI=1S/C33H44N4O8/c1-42-23-13-14-25-27(18-23)35-22(17-31(39)44-3)15-29(25)45-24-19-28-32(40)36-21(16-30(38)43-2)11-9-7-5-4-6-8-10-12-26(34)33(41)37(28)20-24/h5,7,13-15,18,21,24,26,28H,4,6,8-12,16-17,19-20,34H2,1-3H3,(H,36,40)/t21-,24+,26-,28-/m0/s1. The minimum atomic E-state index is -0.847. The van der Waals surface area contributed by atoms with Crippen molar-refractivity contribution in [3.63, 3.8) is 0 Å². The maximum Gasteiger partial charge on any atom is 0.311 e. The third-order valence-corrected chi connectivity index (χ3v) is 8.27. The van der Waals surface area contributed by atoms with Gasteiger partial charge in [0.05, 0.1) is 58.0 Å². The van der Waals surface area contributed by atoms with Gasteiger partial charge in [-0.05, 0) is 44.2 Å². The van der Waals surface area contributed by atoms with Crippen LogP contribution in [0.15, 0.2) is 36.4 Å². The molecule has 3 N–H and O–H groups in total. The van der Waals surface area contributed by atoms with E-state index in [9.17, 15) is 19.2 Å². The van der Waals surface area contributed by atoms with Crippen LogP contribution in [-0.4, -0.2) is 85.7 Å². The second-order valence-corrected chi connectivity index (χ2v) is 11.5. The van der Waals surface area contributed by atoms with E-state index in [4.69, 9.17) is 24.7 Å². The third kappa shape index (κ3) is 9.16. The van der Waals surface area contributed by atoms with E-state index in [0.29, 0.717) is 47.4 Å². The van der Waals surface area contributed by atoms with E-state index in [-0.39, 0.29) is 37.6 Å². The van der Waals surface area contributed by atoms with Gasteiger partial charge in [-0.2, -0.15) is 0 Å². The number of rotatable bonds is 7. The predicted molar refractivity (Wildman–Crippen MR) is 167 cm³/mol. The summed E-state index contributed by atoms with van der Waals surface area (Å²) in [5.41, 5.74) is 7.37. The number of fused-ring (bicyclic) bond motifs is 2. The molecule has 4 rings (SSSR count). The maximum atomic E-state index is 13.8. The number of nitrogens with zero attached hydrogens (tertiary/aromatic N) is 2. The summed E-state index contributed by atoms with van der Waals surface area (Å²) in [6.07, 6.45) is 9.22. The van der Waals surface area contributed by atoms with Gasteiger partial charge in [0.2, 0.25) is 11.8 Å². The largest absolute Gasteiger partial charge is 0.497 e. The summed E-state index contributed by atoms with van der Waals surface area (Å²) in [4.78, 5) is 57.8. The molecule has 2 aliphatic rings. The zero-order valence-electron chi connectivity index (χ0n) is 26.3. The lowest BCUT2D eigenvalue weighted by Gasteiger charge is -2.28. The molecule has 2 amide bonds. The lowest BCUT2D eigenvalue weighted by Crippen LogP contribution is -2.53. The zero-order valence-corrected chi connectivity index (χ0v) is 26.3. The van der Waals surface area contributed by atoms with Gasteiger partial charge in [0, 0.05) is 30.0 Å². The summed E-state index contributed by atoms with van der Waals surface area (Å²) in [6, 6.07) is 4.95.